The molecule has 0 unspecified atom stereocenters. The third-order valence-electron chi connectivity index (χ3n) is 5.02. The van der Waals surface area contributed by atoms with Crippen LogP contribution < -0.4 is 5.32 Å². The molecule has 1 aliphatic heterocycles. The van der Waals surface area contributed by atoms with E-state index < -0.39 is 0 Å². The Balaban J connectivity index is 1.77. The molecule has 5 heteroatoms. The van der Waals surface area contributed by atoms with Crippen molar-refractivity contribution >= 4 is 5.96 Å². The molecule has 1 N–H and O–H groups in total. The summed E-state index contributed by atoms with van der Waals surface area (Å²) in [5.41, 5.74) is 2.75. The van der Waals surface area contributed by atoms with E-state index in [-0.39, 0.29) is 0 Å². The van der Waals surface area contributed by atoms with E-state index in [4.69, 9.17) is 14.5 Å². The van der Waals surface area contributed by atoms with E-state index >= 15 is 0 Å². The summed E-state index contributed by atoms with van der Waals surface area (Å²) in [5, 5.41) is 3.45. The Morgan fingerprint density at radius 1 is 1.11 bits per heavy atom. The summed E-state index contributed by atoms with van der Waals surface area (Å²) < 4.78 is 11.0. The molecule has 1 aromatic rings. The lowest BCUT2D eigenvalue weighted by molar-refractivity contribution is 0.00991. The Bertz CT molecular complexity index is 537. The predicted molar refractivity (Wildman–Crippen MR) is 113 cm³/mol. The van der Waals surface area contributed by atoms with E-state index in [1.807, 2.05) is 0 Å². The predicted octanol–water partition coefficient (Wildman–Crippen LogP) is 3.27. The van der Waals surface area contributed by atoms with Crippen LogP contribution in [0.3, 0.4) is 0 Å². The summed E-state index contributed by atoms with van der Waals surface area (Å²) in [4.78, 5) is 7.23. The number of guanidine groups is 1. The lowest BCUT2D eigenvalue weighted by Crippen LogP contribution is -2.47. The van der Waals surface area contributed by atoms with Crippen LogP contribution in [0.15, 0.2) is 29.3 Å². The number of hydrogen-bond donors (Lipinski definition) is 1. The van der Waals surface area contributed by atoms with Gasteiger partial charge in [0.05, 0.1) is 6.10 Å². The molecule has 1 fully saturated rings. The Hall–Kier alpha value is -1.59. The van der Waals surface area contributed by atoms with Gasteiger partial charge in [0, 0.05) is 46.5 Å². The SMILES string of the molecule is CCNC(=NCCc1ccc(CC)cc1)N1CCC(OCCCOC)CC1. The number of aliphatic imine (C=N–C) groups is 1. The summed E-state index contributed by atoms with van der Waals surface area (Å²) >= 11 is 0. The van der Waals surface area contributed by atoms with Crippen molar-refractivity contribution in [3.63, 3.8) is 0 Å². The van der Waals surface area contributed by atoms with Crippen molar-refractivity contribution in [1.82, 2.24) is 10.2 Å². The van der Waals surface area contributed by atoms with E-state index in [2.05, 4.69) is 48.3 Å². The quantitative estimate of drug-likeness (QED) is 0.387. The van der Waals surface area contributed by atoms with Gasteiger partial charge in [-0.05, 0) is 50.2 Å². The molecule has 5 nitrogen and oxygen atoms in total. The lowest BCUT2D eigenvalue weighted by atomic mass is 10.1. The third kappa shape index (κ3) is 7.89. The first-order chi connectivity index (χ1) is 13.3. The second kappa shape index (κ2) is 12.7. The maximum Gasteiger partial charge on any atom is 0.193 e. The molecule has 0 spiro atoms. The van der Waals surface area contributed by atoms with Crippen molar-refractivity contribution in [1.29, 1.82) is 0 Å². The number of ether oxygens (including phenoxy) is 2. The van der Waals surface area contributed by atoms with Crippen molar-refractivity contribution in [2.24, 2.45) is 4.99 Å². The van der Waals surface area contributed by atoms with E-state index in [1.165, 1.54) is 11.1 Å². The second-order valence-electron chi connectivity index (χ2n) is 7.06. The standard InChI is InChI=1S/C22H37N3O2/c1-4-19-7-9-20(10-8-19)11-14-24-22(23-5-2)25-15-12-21(13-16-25)27-18-6-17-26-3/h7-10,21H,4-6,11-18H2,1-3H3,(H,23,24). The molecule has 0 aromatic heterocycles. The normalized spacial score (nSPS) is 16.0. The Morgan fingerprint density at radius 2 is 1.81 bits per heavy atom. The van der Waals surface area contributed by atoms with Crippen LogP contribution in [-0.4, -0.2) is 63.5 Å². The fourth-order valence-corrected chi connectivity index (χ4v) is 3.35. The van der Waals surface area contributed by atoms with E-state index in [1.54, 1.807) is 7.11 Å². The number of methoxy groups -OCH3 is 1. The molecule has 152 valence electrons. The number of benzene rings is 1. The van der Waals surface area contributed by atoms with Crippen LogP contribution in [0.1, 0.15) is 44.2 Å². The summed E-state index contributed by atoms with van der Waals surface area (Å²) in [5.74, 6) is 1.04. The third-order valence-corrected chi connectivity index (χ3v) is 5.02. The van der Waals surface area contributed by atoms with Crippen molar-refractivity contribution in [3.8, 4) is 0 Å². The minimum absolute atomic E-state index is 0.373. The number of rotatable bonds is 10. The molecule has 27 heavy (non-hydrogen) atoms. The minimum Gasteiger partial charge on any atom is -0.385 e. The van der Waals surface area contributed by atoms with Crippen LogP contribution in [-0.2, 0) is 22.3 Å². The smallest absolute Gasteiger partial charge is 0.193 e. The fraction of sp³-hybridized carbons (Fsp3) is 0.682. The molecule has 1 aromatic carbocycles. The Morgan fingerprint density at radius 3 is 2.44 bits per heavy atom. The van der Waals surface area contributed by atoms with Gasteiger partial charge in [-0.15, -0.1) is 0 Å². The summed E-state index contributed by atoms with van der Waals surface area (Å²) in [6, 6.07) is 8.91. The van der Waals surface area contributed by atoms with E-state index in [0.29, 0.717) is 6.10 Å². The topological polar surface area (TPSA) is 46.1 Å². The number of piperidine rings is 1. The zero-order chi connectivity index (χ0) is 19.3. The number of nitrogens with zero attached hydrogens (tertiary/aromatic N) is 2. The minimum atomic E-state index is 0.373. The van der Waals surface area contributed by atoms with Crippen LogP contribution in [0.5, 0.6) is 0 Å². The second-order valence-corrected chi connectivity index (χ2v) is 7.06. The van der Waals surface area contributed by atoms with Crippen molar-refractivity contribution < 1.29 is 9.47 Å². The highest BCUT2D eigenvalue weighted by molar-refractivity contribution is 5.80. The largest absolute Gasteiger partial charge is 0.385 e. The molecule has 1 heterocycles. The Labute approximate surface area is 165 Å². The molecular formula is C22H37N3O2. The molecule has 0 bridgehead atoms. The molecule has 1 saturated heterocycles. The van der Waals surface area contributed by atoms with Gasteiger partial charge in [0.15, 0.2) is 5.96 Å². The average molecular weight is 376 g/mol. The van der Waals surface area contributed by atoms with Crippen molar-refractivity contribution in [2.45, 2.75) is 52.1 Å². The van der Waals surface area contributed by atoms with Crippen LogP contribution in [0.4, 0.5) is 0 Å². The van der Waals surface area contributed by atoms with Gasteiger partial charge in [-0.3, -0.25) is 4.99 Å². The maximum atomic E-state index is 5.96. The average Bonchev–Trinajstić information content (AvgIpc) is 2.71. The Kier molecular flexibility index (Phi) is 10.2. The molecule has 0 radical (unpaired) electrons. The van der Waals surface area contributed by atoms with Gasteiger partial charge in [-0.25, -0.2) is 0 Å². The number of aryl methyl sites for hydroxylation is 1. The summed E-state index contributed by atoms with van der Waals surface area (Å²) in [7, 11) is 1.74. The molecule has 1 aliphatic rings. The fourth-order valence-electron chi connectivity index (χ4n) is 3.35. The van der Waals surface area contributed by atoms with Gasteiger partial charge < -0.3 is 19.7 Å². The summed E-state index contributed by atoms with van der Waals surface area (Å²) in [6.07, 6.45) is 5.55. The van der Waals surface area contributed by atoms with Gasteiger partial charge in [0.1, 0.15) is 0 Å². The van der Waals surface area contributed by atoms with Crippen LogP contribution in [0.2, 0.25) is 0 Å². The van der Waals surface area contributed by atoms with Crippen LogP contribution in [0, 0.1) is 0 Å². The number of nitrogens with one attached hydrogen (secondary N) is 1. The first kappa shape index (κ1) is 21.7. The van der Waals surface area contributed by atoms with Crippen LogP contribution in [0.25, 0.3) is 0 Å². The van der Waals surface area contributed by atoms with Gasteiger partial charge in [-0.1, -0.05) is 31.2 Å². The highest BCUT2D eigenvalue weighted by Crippen LogP contribution is 2.14. The van der Waals surface area contributed by atoms with E-state index in [0.717, 1.165) is 77.5 Å². The highest BCUT2D eigenvalue weighted by Gasteiger charge is 2.21. The molecule has 0 aliphatic carbocycles. The first-order valence-electron chi connectivity index (χ1n) is 10.5. The van der Waals surface area contributed by atoms with Crippen molar-refractivity contribution in [2.75, 3.05) is 46.5 Å². The molecule has 2 rings (SSSR count). The monoisotopic (exact) mass is 375 g/mol. The molecule has 0 amide bonds. The zero-order valence-corrected chi connectivity index (χ0v) is 17.4. The van der Waals surface area contributed by atoms with Gasteiger partial charge in [-0.2, -0.15) is 0 Å². The van der Waals surface area contributed by atoms with Crippen molar-refractivity contribution in [3.05, 3.63) is 35.4 Å². The first-order valence-corrected chi connectivity index (χ1v) is 10.5. The van der Waals surface area contributed by atoms with Gasteiger partial charge in [0.25, 0.3) is 0 Å². The van der Waals surface area contributed by atoms with Crippen LogP contribution >= 0.6 is 0 Å². The number of likely N-dealkylation sites (tertiary alicyclic amines) is 1. The van der Waals surface area contributed by atoms with Gasteiger partial charge in [0.2, 0.25) is 0 Å². The molecular weight excluding hydrogens is 338 g/mol. The zero-order valence-electron chi connectivity index (χ0n) is 17.4. The highest BCUT2D eigenvalue weighted by atomic mass is 16.5. The maximum absolute atomic E-state index is 5.96. The molecule has 0 atom stereocenters. The number of hydrogen-bond acceptors (Lipinski definition) is 3. The lowest BCUT2D eigenvalue weighted by Gasteiger charge is -2.34. The van der Waals surface area contributed by atoms with Gasteiger partial charge >= 0.3 is 0 Å². The molecule has 0 saturated carbocycles. The van der Waals surface area contributed by atoms with E-state index in [9.17, 15) is 0 Å². The summed E-state index contributed by atoms with van der Waals surface area (Å²) in [6.45, 7) is 9.62.